The number of aryl methyl sites for hydroxylation is 2. The molecule has 0 saturated carbocycles. The van der Waals surface area contributed by atoms with Gasteiger partial charge >= 0.3 is 0 Å². The molecule has 0 bridgehead atoms. The first kappa shape index (κ1) is 15.7. The summed E-state index contributed by atoms with van der Waals surface area (Å²) < 4.78 is 7.50. The minimum absolute atomic E-state index is 0.0265. The maximum absolute atomic E-state index is 12.0. The van der Waals surface area contributed by atoms with E-state index in [2.05, 4.69) is 39.1 Å². The van der Waals surface area contributed by atoms with Crippen LogP contribution in [0.25, 0.3) is 0 Å². The average molecular weight is 313 g/mol. The first-order valence-electron chi connectivity index (χ1n) is 8.26. The molecule has 5 nitrogen and oxygen atoms in total. The Morgan fingerprint density at radius 2 is 2.22 bits per heavy atom. The largest absolute Gasteiger partial charge is 0.368 e. The van der Waals surface area contributed by atoms with E-state index in [1.807, 2.05) is 12.3 Å². The van der Waals surface area contributed by atoms with Crippen LogP contribution in [0.2, 0.25) is 0 Å². The van der Waals surface area contributed by atoms with Gasteiger partial charge in [-0.1, -0.05) is 30.3 Å². The summed E-state index contributed by atoms with van der Waals surface area (Å²) in [5, 5.41) is 2.93. The molecule has 122 valence electrons. The monoisotopic (exact) mass is 313 g/mol. The van der Waals surface area contributed by atoms with Crippen LogP contribution >= 0.6 is 0 Å². The van der Waals surface area contributed by atoms with Crippen LogP contribution in [0.5, 0.6) is 0 Å². The molecular formula is C18H23N3O2. The van der Waals surface area contributed by atoms with Gasteiger partial charge in [0.05, 0.1) is 6.54 Å². The van der Waals surface area contributed by atoms with Crippen molar-refractivity contribution in [1.29, 1.82) is 0 Å². The zero-order valence-electron chi connectivity index (χ0n) is 13.3. The highest BCUT2D eigenvalue weighted by Crippen LogP contribution is 2.12. The van der Waals surface area contributed by atoms with Crippen molar-refractivity contribution in [3.05, 3.63) is 54.1 Å². The Labute approximate surface area is 136 Å². The zero-order valence-corrected chi connectivity index (χ0v) is 13.3. The first-order valence-corrected chi connectivity index (χ1v) is 8.26. The van der Waals surface area contributed by atoms with Crippen molar-refractivity contribution >= 4 is 5.91 Å². The number of hydrogen-bond acceptors (Lipinski definition) is 3. The second kappa shape index (κ2) is 7.92. The maximum atomic E-state index is 12.0. The number of rotatable bonds is 7. The topological polar surface area (TPSA) is 56.2 Å². The van der Waals surface area contributed by atoms with Crippen LogP contribution in [0.4, 0.5) is 0 Å². The Bertz CT molecular complexity index is 618. The lowest BCUT2D eigenvalue weighted by Gasteiger charge is -2.12. The van der Waals surface area contributed by atoms with Crippen molar-refractivity contribution in [3.63, 3.8) is 0 Å². The van der Waals surface area contributed by atoms with Crippen LogP contribution < -0.4 is 5.32 Å². The third kappa shape index (κ3) is 4.42. The second-order valence-corrected chi connectivity index (χ2v) is 5.85. The number of carbonyl (C=O) groups is 1. The second-order valence-electron chi connectivity index (χ2n) is 5.85. The SMILES string of the molecule is O=C(NCc1nccn1CCCc1ccccc1)C1CCCO1. The highest BCUT2D eigenvalue weighted by atomic mass is 16.5. The van der Waals surface area contributed by atoms with Gasteiger partial charge in [-0.05, 0) is 31.2 Å². The van der Waals surface area contributed by atoms with Gasteiger partial charge in [-0.25, -0.2) is 4.98 Å². The van der Waals surface area contributed by atoms with E-state index in [-0.39, 0.29) is 12.0 Å². The third-order valence-corrected chi connectivity index (χ3v) is 4.15. The summed E-state index contributed by atoms with van der Waals surface area (Å²) in [6.07, 6.45) is 7.35. The number of nitrogens with zero attached hydrogens (tertiary/aromatic N) is 2. The molecule has 2 aromatic rings. The summed E-state index contributed by atoms with van der Waals surface area (Å²) in [7, 11) is 0. The molecule has 1 saturated heterocycles. The van der Waals surface area contributed by atoms with Crippen molar-refractivity contribution in [2.75, 3.05) is 6.61 Å². The number of aromatic nitrogens is 2. The molecule has 1 fully saturated rings. The van der Waals surface area contributed by atoms with Crippen molar-refractivity contribution in [1.82, 2.24) is 14.9 Å². The van der Waals surface area contributed by atoms with E-state index in [9.17, 15) is 4.79 Å². The quantitative estimate of drug-likeness (QED) is 0.853. The summed E-state index contributed by atoms with van der Waals surface area (Å²) in [5.41, 5.74) is 1.35. The van der Waals surface area contributed by atoms with Gasteiger partial charge < -0.3 is 14.6 Å². The maximum Gasteiger partial charge on any atom is 0.249 e. The van der Waals surface area contributed by atoms with E-state index >= 15 is 0 Å². The lowest BCUT2D eigenvalue weighted by Crippen LogP contribution is -2.34. The van der Waals surface area contributed by atoms with Crippen molar-refractivity contribution in [2.45, 2.75) is 44.9 Å². The molecule has 1 aromatic heterocycles. The molecule has 0 aliphatic carbocycles. The van der Waals surface area contributed by atoms with Crippen molar-refractivity contribution in [2.24, 2.45) is 0 Å². The molecule has 5 heteroatoms. The Hall–Kier alpha value is -2.14. The highest BCUT2D eigenvalue weighted by molar-refractivity contribution is 5.80. The number of carbonyl (C=O) groups excluding carboxylic acids is 1. The zero-order chi connectivity index (χ0) is 15.9. The van der Waals surface area contributed by atoms with Gasteiger partial charge in [0, 0.05) is 25.5 Å². The normalized spacial score (nSPS) is 17.3. The highest BCUT2D eigenvalue weighted by Gasteiger charge is 2.23. The summed E-state index contributed by atoms with van der Waals surface area (Å²) >= 11 is 0. The summed E-state index contributed by atoms with van der Waals surface area (Å²) in [4.78, 5) is 16.3. The van der Waals surface area contributed by atoms with Crippen LogP contribution in [0, 0.1) is 0 Å². The molecule has 1 atom stereocenters. The van der Waals surface area contributed by atoms with Gasteiger partial charge in [-0.15, -0.1) is 0 Å². The molecule has 23 heavy (non-hydrogen) atoms. The van der Waals surface area contributed by atoms with Crippen LogP contribution in [0.1, 0.15) is 30.7 Å². The van der Waals surface area contributed by atoms with E-state index < -0.39 is 0 Å². The van der Waals surface area contributed by atoms with Gasteiger partial charge in [-0.2, -0.15) is 0 Å². The van der Waals surface area contributed by atoms with Gasteiger partial charge in [-0.3, -0.25) is 4.79 Å². The molecule has 2 heterocycles. The van der Waals surface area contributed by atoms with Gasteiger partial charge in [0.2, 0.25) is 5.91 Å². The number of benzene rings is 1. The molecule has 1 N–H and O–H groups in total. The van der Waals surface area contributed by atoms with E-state index in [1.165, 1.54) is 5.56 Å². The van der Waals surface area contributed by atoms with Gasteiger partial charge in [0.15, 0.2) is 0 Å². The standard InChI is InChI=1S/C18H23N3O2/c22-18(16-9-5-13-23-16)20-14-17-19-10-12-21(17)11-4-8-15-6-2-1-3-7-15/h1-3,6-7,10,12,16H,4-5,8-9,11,13-14H2,(H,20,22). The molecule has 0 spiro atoms. The third-order valence-electron chi connectivity index (χ3n) is 4.15. The Balaban J connectivity index is 1.46. The number of imidazole rings is 1. The molecule has 1 unspecified atom stereocenters. The Morgan fingerprint density at radius 1 is 1.35 bits per heavy atom. The summed E-state index contributed by atoms with van der Waals surface area (Å²) in [6.45, 7) is 2.04. The molecular weight excluding hydrogens is 290 g/mol. The average Bonchev–Trinajstić information content (AvgIpc) is 3.26. The molecule has 1 amide bonds. The fourth-order valence-corrected chi connectivity index (χ4v) is 2.87. The number of hydrogen-bond donors (Lipinski definition) is 1. The molecule has 1 aromatic carbocycles. The van der Waals surface area contributed by atoms with Crippen LogP contribution in [-0.2, 0) is 29.0 Å². The summed E-state index contributed by atoms with van der Waals surface area (Å²) in [5.74, 6) is 0.866. The molecule has 1 aliphatic heterocycles. The minimum Gasteiger partial charge on any atom is -0.368 e. The van der Waals surface area contributed by atoms with E-state index in [1.54, 1.807) is 6.20 Å². The predicted molar refractivity (Wildman–Crippen MR) is 87.8 cm³/mol. The van der Waals surface area contributed by atoms with E-state index in [0.717, 1.165) is 38.1 Å². The lowest BCUT2D eigenvalue weighted by atomic mass is 10.1. The minimum atomic E-state index is -0.281. The van der Waals surface area contributed by atoms with Crippen molar-refractivity contribution in [3.8, 4) is 0 Å². The van der Waals surface area contributed by atoms with Crippen molar-refractivity contribution < 1.29 is 9.53 Å². The van der Waals surface area contributed by atoms with E-state index in [0.29, 0.717) is 13.2 Å². The summed E-state index contributed by atoms with van der Waals surface area (Å²) in [6, 6.07) is 10.5. The van der Waals surface area contributed by atoms with Gasteiger partial charge in [0.1, 0.15) is 11.9 Å². The fourth-order valence-electron chi connectivity index (χ4n) is 2.87. The van der Waals surface area contributed by atoms with Crippen LogP contribution in [0.15, 0.2) is 42.7 Å². The van der Waals surface area contributed by atoms with Crippen LogP contribution in [0.3, 0.4) is 0 Å². The molecule has 0 radical (unpaired) electrons. The lowest BCUT2D eigenvalue weighted by molar-refractivity contribution is -0.130. The molecule has 3 rings (SSSR count). The number of nitrogens with one attached hydrogen (secondary N) is 1. The predicted octanol–water partition coefficient (Wildman–Crippen LogP) is 2.31. The Morgan fingerprint density at radius 3 is 3.00 bits per heavy atom. The number of amides is 1. The smallest absolute Gasteiger partial charge is 0.249 e. The van der Waals surface area contributed by atoms with E-state index in [4.69, 9.17) is 4.74 Å². The Kier molecular flexibility index (Phi) is 5.42. The first-order chi connectivity index (χ1) is 11.3. The van der Waals surface area contributed by atoms with Gasteiger partial charge in [0.25, 0.3) is 0 Å². The van der Waals surface area contributed by atoms with Crippen LogP contribution in [-0.4, -0.2) is 28.2 Å². The number of ether oxygens (including phenoxy) is 1. The fraction of sp³-hybridized carbons (Fsp3) is 0.444. The molecule has 1 aliphatic rings.